The number of aromatic amines is 1. The van der Waals surface area contributed by atoms with Crippen molar-refractivity contribution in [2.75, 3.05) is 11.5 Å². The number of hydrogen-bond donors (Lipinski definition) is 2. The van der Waals surface area contributed by atoms with Gasteiger partial charge in [-0.3, -0.25) is 0 Å². The second kappa shape index (κ2) is 2.62. The van der Waals surface area contributed by atoms with Crippen molar-refractivity contribution in [2.45, 2.75) is 25.7 Å². The molecule has 1 aliphatic carbocycles. The van der Waals surface area contributed by atoms with E-state index in [4.69, 9.17) is 11.5 Å². The maximum absolute atomic E-state index is 5.77. The normalized spacial score (nSPS) is 15.7. The second-order valence-electron chi connectivity index (χ2n) is 3.17. The summed E-state index contributed by atoms with van der Waals surface area (Å²) in [5.41, 5.74) is 13.5. The number of nitrogens with two attached hydrogens (primary N) is 2. The van der Waals surface area contributed by atoms with Crippen LogP contribution in [0.2, 0.25) is 0 Å². The van der Waals surface area contributed by atoms with Crippen molar-refractivity contribution in [1.82, 2.24) is 4.98 Å². The summed E-state index contributed by atoms with van der Waals surface area (Å²) in [7, 11) is 0. The van der Waals surface area contributed by atoms with Crippen LogP contribution in [-0.4, -0.2) is 4.98 Å². The Balaban J connectivity index is 2.53. The molecule has 0 saturated heterocycles. The molecule has 0 bridgehead atoms. The van der Waals surface area contributed by atoms with Crippen LogP contribution in [0, 0.1) is 0 Å². The lowest BCUT2D eigenvalue weighted by molar-refractivity contribution is -0.347. The van der Waals surface area contributed by atoms with E-state index in [9.17, 15) is 0 Å². The van der Waals surface area contributed by atoms with Crippen molar-refractivity contribution in [3.8, 4) is 0 Å². The number of nitrogens with zero attached hydrogens (tertiary/aromatic N) is 1. The number of rotatable bonds is 0. The lowest BCUT2D eigenvalue weighted by Crippen LogP contribution is -2.23. The molecule has 0 amide bonds. The smallest absolute Gasteiger partial charge is 0.335 e. The summed E-state index contributed by atoms with van der Waals surface area (Å²) in [5.74, 6) is 1.12. The largest absolute Gasteiger partial charge is 0.342 e. The van der Waals surface area contributed by atoms with Crippen LogP contribution in [0.4, 0.5) is 11.8 Å². The molecule has 0 unspecified atom stereocenters. The minimum absolute atomic E-state index is 0.424. The highest BCUT2D eigenvalue weighted by atomic mass is 15.0. The third kappa shape index (κ3) is 1.09. The minimum atomic E-state index is 0.424. The monoisotopic (exact) mass is 165 g/mol. The zero-order chi connectivity index (χ0) is 8.55. The van der Waals surface area contributed by atoms with Gasteiger partial charge < -0.3 is 11.5 Å². The molecular formula is C8H13N4+. The van der Waals surface area contributed by atoms with Gasteiger partial charge in [0, 0.05) is 6.42 Å². The van der Waals surface area contributed by atoms with Crippen molar-refractivity contribution in [3.63, 3.8) is 0 Å². The molecule has 64 valence electrons. The molecule has 0 atom stereocenters. The average Bonchev–Trinajstić information content (AvgIpc) is 2.04. The zero-order valence-electron chi connectivity index (χ0n) is 6.93. The lowest BCUT2D eigenvalue weighted by Gasteiger charge is -2.12. The summed E-state index contributed by atoms with van der Waals surface area (Å²) in [6, 6.07) is 0. The highest BCUT2D eigenvalue weighted by Gasteiger charge is 2.18. The number of aromatic nitrogens is 2. The SMILES string of the molecule is Nc1nc2c(c(N)[nH+]1)CCCC2. The molecule has 4 heteroatoms. The van der Waals surface area contributed by atoms with Crippen molar-refractivity contribution in [2.24, 2.45) is 0 Å². The molecule has 0 spiro atoms. The fraction of sp³-hybridized carbons (Fsp3) is 0.500. The van der Waals surface area contributed by atoms with Gasteiger partial charge in [-0.1, -0.05) is 0 Å². The Morgan fingerprint density at radius 2 is 1.92 bits per heavy atom. The molecule has 2 rings (SSSR count). The van der Waals surface area contributed by atoms with Gasteiger partial charge in [0.05, 0.1) is 5.56 Å². The van der Waals surface area contributed by atoms with Gasteiger partial charge >= 0.3 is 5.95 Å². The molecule has 5 N–H and O–H groups in total. The predicted molar refractivity (Wildman–Crippen MR) is 46.3 cm³/mol. The Kier molecular flexibility index (Phi) is 1.60. The molecule has 1 aromatic rings. The summed E-state index contributed by atoms with van der Waals surface area (Å²) in [6.07, 6.45) is 4.45. The summed E-state index contributed by atoms with van der Waals surface area (Å²) < 4.78 is 0. The van der Waals surface area contributed by atoms with E-state index < -0.39 is 0 Å². The van der Waals surface area contributed by atoms with E-state index >= 15 is 0 Å². The van der Waals surface area contributed by atoms with Gasteiger partial charge in [0.15, 0.2) is 5.82 Å². The maximum atomic E-state index is 5.77. The van der Waals surface area contributed by atoms with E-state index in [-0.39, 0.29) is 0 Å². The van der Waals surface area contributed by atoms with Crippen LogP contribution in [0.25, 0.3) is 0 Å². The first-order valence-corrected chi connectivity index (χ1v) is 4.23. The van der Waals surface area contributed by atoms with Crippen LogP contribution in [-0.2, 0) is 12.8 Å². The van der Waals surface area contributed by atoms with Gasteiger partial charge in [-0.15, -0.1) is 4.98 Å². The van der Waals surface area contributed by atoms with Gasteiger partial charge in [-0.05, 0) is 19.3 Å². The Labute approximate surface area is 71.0 Å². The van der Waals surface area contributed by atoms with E-state index in [1.54, 1.807) is 0 Å². The standard InChI is InChI=1S/C8H12N4/c9-7-5-3-1-2-4-6(5)11-8(10)12-7/h1-4H2,(H4,9,10,11,12)/p+1. The second-order valence-corrected chi connectivity index (χ2v) is 3.17. The minimum Gasteiger partial charge on any atom is -0.335 e. The number of nitrogens with one attached hydrogen (secondary N) is 1. The Morgan fingerprint density at radius 3 is 2.75 bits per heavy atom. The molecule has 0 saturated carbocycles. The van der Waals surface area contributed by atoms with E-state index in [1.165, 1.54) is 12.8 Å². The van der Waals surface area contributed by atoms with E-state index in [0.29, 0.717) is 11.8 Å². The van der Waals surface area contributed by atoms with Crippen molar-refractivity contribution < 1.29 is 4.98 Å². The third-order valence-corrected chi connectivity index (χ3v) is 2.28. The first-order valence-electron chi connectivity index (χ1n) is 4.23. The number of hydrogen-bond acceptors (Lipinski definition) is 3. The van der Waals surface area contributed by atoms with Crippen molar-refractivity contribution in [1.29, 1.82) is 0 Å². The molecule has 1 aromatic heterocycles. The Bertz CT molecular complexity index is 308. The topological polar surface area (TPSA) is 79.1 Å². The molecule has 4 nitrogen and oxygen atoms in total. The lowest BCUT2D eigenvalue weighted by atomic mass is 9.97. The maximum Gasteiger partial charge on any atom is 0.342 e. The fourth-order valence-corrected chi connectivity index (χ4v) is 1.69. The fourth-order valence-electron chi connectivity index (χ4n) is 1.69. The molecule has 12 heavy (non-hydrogen) atoms. The summed E-state index contributed by atoms with van der Waals surface area (Å²) >= 11 is 0. The number of H-pyrrole nitrogens is 1. The van der Waals surface area contributed by atoms with Gasteiger partial charge in [-0.2, -0.15) is 0 Å². The molecule has 1 heterocycles. The number of aryl methyl sites for hydroxylation is 1. The molecule has 0 aliphatic heterocycles. The van der Waals surface area contributed by atoms with E-state index in [2.05, 4.69) is 9.97 Å². The third-order valence-electron chi connectivity index (χ3n) is 2.28. The van der Waals surface area contributed by atoms with Gasteiger partial charge in [0.25, 0.3) is 0 Å². The molecule has 0 fully saturated rings. The van der Waals surface area contributed by atoms with Crippen LogP contribution in [0.5, 0.6) is 0 Å². The van der Waals surface area contributed by atoms with Crippen LogP contribution in [0.3, 0.4) is 0 Å². The quantitative estimate of drug-likeness (QED) is 0.565. The molecular weight excluding hydrogens is 152 g/mol. The summed E-state index contributed by atoms with van der Waals surface area (Å²) in [5, 5.41) is 0. The highest BCUT2D eigenvalue weighted by molar-refractivity contribution is 5.40. The van der Waals surface area contributed by atoms with Gasteiger partial charge in [0.1, 0.15) is 5.69 Å². The van der Waals surface area contributed by atoms with Crippen molar-refractivity contribution >= 4 is 11.8 Å². The summed E-state index contributed by atoms with van der Waals surface area (Å²) in [6.45, 7) is 0. The van der Waals surface area contributed by atoms with Crippen LogP contribution in [0.1, 0.15) is 24.1 Å². The Morgan fingerprint density at radius 1 is 1.17 bits per heavy atom. The zero-order valence-corrected chi connectivity index (χ0v) is 6.93. The number of nitrogen functional groups attached to an aromatic ring is 2. The van der Waals surface area contributed by atoms with E-state index in [0.717, 1.165) is 24.1 Å². The first kappa shape index (κ1) is 7.34. The van der Waals surface area contributed by atoms with Crippen molar-refractivity contribution in [3.05, 3.63) is 11.3 Å². The molecule has 0 radical (unpaired) electrons. The summed E-state index contributed by atoms with van der Waals surface area (Å²) in [4.78, 5) is 7.06. The Hall–Kier alpha value is -1.32. The van der Waals surface area contributed by atoms with Crippen LogP contribution >= 0.6 is 0 Å². The number of anilines is 2. The average molecular weight is 165 g/mol. The van der Waals surface area contributed by atoms with Crippen LogP contribution in [0.15, 0.2) is 0 Å². The first-order chi connectivity index (χ1) is 5.77. The molecule has 1 aliphatic rings. The molecule has 0 aromatic carbocycles. The van der Waals surface area contributed by atoms with Gasteiger partial charge in [-0.25, -0.2) is 4.98 Å². The van der Waals surface area contributed by atoms with E-state index in [1.807, 2.05) is 0 Å². The number of fused-ring (bicyclic) bond motifs is 1. The highest BCUT2D eigenvalue weighted by Crippen LogP contribution is 2.21. The van der Waals surface area contributed by atoms with Gasteiger partial charge in [0.2, 0.25) is 0 Å². The van der Waals surface area contributed by atoms with Crippen LogP contribution < -0.4 is 16.5 Å². The predicted octanol–water partition coefficient (Wildman–Crippen LogP) is -0.0611.